The van der Waals surface area contributed by atoms with Crippen molar-refractivity contribution in [3.8, 4) is 6.07 Å². The lowest BCUT2D eigenvalue weighted by atomic mass is 9.94. The van der Waals surface area contributed by atoms with E-state index in [-0.39, 0.29) is 17.9 Å². The maximum atomic E-state index is 12.6. The zero-order valence-electron chi connectivity index (χ0n) is 10.3. The number of halogens is 3. The quantitative estimate of drug-likeness (QED) is 0.926. The highest BCUT2D eigenvalue weighted by molar-refractivity contribution is 5.68. The fraction of sp³-hybridized carbons (Fsp3) is 0.385. The van der Waals surface area contributed by atoms with Gasteiger partial charge in [-0.1, -0.05) is 0 Å². The molecule has 0 aliphatic carbocycles. The van der Waals surface area contributed by atoms with Crippen LogP contribution in [0.4, 0.5) is 18.9 Å². The summed E-state index contributed by atoms with van der Waals surface area (Å²) in [6.07, 6.45) is -4.45. The van der Waals surface area contributed by atoms with Gasteiger partial charge < -0.3 is 10.0 Å². The number of carboxylic acid groups (broad SMARTS) is 1. The summed E-state index contributed by atoms with van der Waals surface area (Å²) in [5.41, 5.74) is -0.490. The number of aliphatic carboxylic acids is 1. The van der Waals surface area contributed by atoms with Gasteiger partial charge in [0.2, 0.25) is 0 Å². The monoisotopic (exact) mass is 284 g/mol. The van der Waals surface area contributed by atoms with Gasteiger partial charge in [0.05, 0.1) is 23.2 Å². The zero-order chi connectivity index (χ0) is 14.9. The smallest absolute Gasteiger partial charge is 0.416 e. The molecule has 4 nitrogen and oxygen atoms in total. The van der Waals surface area contributed by atoms with Crippen molar-refractivity contribution >= 4 is 11.7 Å². The maximum absolute atomic E-state index is 12.6. The van der Waals surface area contributed by atoms with E-state index in [9.17, 15) is 18.0 Å². The molecule has 1 saturated heterocycles. The molecule has 1 heterocycles. The van der Waals surface area contributed by atoms with Crippen LogP contribution in [-0.4, -0.2) is 24.2 Å². The van der Waals surface area contributed by atoms with Gasteiger partial charge in [-0.25, -0.2) is 0 Å². The Hall–Kier alpha value is -2.23. The lowest BCUT2D eigenvalue weighted by Crippen LogP contribution is -2.47. The molecule has 1 fully saturated rings. The molecular weight excluding hydrogens is 273 g/mol. The second kappa shape index (κ2) is 5.04. The predicted octanol–water partition coefficient (Wildman–Crippen LogP) is 2.49. The Balaban J connectivity index is 2.15. The Bertz CT molecular complexity index is 572. The average Bonchev–Trinajstić information content (AvgIpc) is 2.31. The first-order valence-electron chi connectivity index (χ1n) is 5.89. The van der Waals surface area contributed by atoms with Crippen LogP contribution >= 0.6 is 0 Å². The molecule has 0 aromatic heterocycles. The number of rotatable bonds is 3. The SMILES string of the molecule is N#Cc1cc(C(F)(F)F)ccc1N1CC(CC(=O)O)C1. The van der Waals surface area contributed by atoms with Gasteiger partial charge in [-0.05, 0) is 18.2 Å². The summed E-state index contributed by atoms with van der Waals surface area (Å²) >= 11 is 0. The number of alkyl halides is 3. The van der Waals surface area contributed by atoms with Gasteiger partial charge in [0.25, 0.3) is 0 Å². The molecule has 1 aliphatic rings. The summed E-state index contributed by atoms with van der Waals surface area (Å²) in [5.74, 6) is -0.927. The Kier molecular flexibility index (Phi) is 3.57. The first-order chi connectivity index (χ1) is 9.31. The molecule has 1 aromatic rings. The molecule has 1 aliphatic heterocycles. The standard InChI is InChI=1S/C13H11F3N2O2/c14-13(15,16)10-1-2-11(9(4-10)5-17)18-6-8(7-18)3-12(19)20/h1-2,4,8H,3,6-7H2,(H,19,20). The third-order valence-electron chi connectivity index (χ3n) is 3.21. The number of carbonyl (C=O) groups is 1. The topological polar surface area (TPSA) is 64.3 Å². The van der Waals surface area contributed by atoms with E-state index < -0.39 is 17.7 Å². The Morgan fingerprint density at radius 1 is 1.45 bits per heavy atom. The van der Waals surface area contributed by atoms with Crippen molar-refractivity contribution in [1.29, 1.82) is 5.26 Å². The summed E-state index contributed by atoms with van der Waals surface area (Å²) in [7, 11) is 0. The maximum Gasteiger partial charge on any atom is 0.416 e. The minimum absolute atomic E-state index is 0.0265. The van der Waals surface area contributed by atoms with Crippen molar-refractivity contribution in [2.45, 2.75) is 12.6 Å². The number of nitriles is 1. The zero-order valence-corrected chi connectivity index (χ0v) is 10.3. The van der Waals surface area contributed by atoms with Crippen molar-refractivity contribution in [3.05, 3.63) is 29.3 Å². The van der Waals surface area contributed by atoms with Gasteiger partial charge in [0, 0.05) is 19.0 Å². The number of nitrogens with zero attached hydrogens (tertiary/aromatic N) is 2. The number of hydrogen-bond donors (Lipinski definition) is 1. The third kappa shape index (κ3) is 2.85. The van der Waals surface area contributed by atoms with Crippen molar-refractivity contribution in [2.75, 3.05) is 18.0 Å². The Morgan fingerprint density at radius 2 is 2.10 bits per heavy atom. The van der Waals surface area contributed by atoms with E-state index in [2.05, 4.69) is 0 Å². The van der Waals surface area contributed by atoms with Gasteiger partial charge in [0.1, 0.15) is 6.07 Å². The van der Waals surface area contributed by atoms with Crippen molar-refractivity contribution in [3.63, 3.8) is 0 Å². The molecule has 2 rings (SSSR count). The van der Waals surface area contributed by atoms with Crippen LogP contribution in [-0.2, 0) is 11.0 Å². The van der Waals surface area contributed by atoms with Crippen LogP contribution in [0.2, 0.25) is 0 Å². The van der Waals surface area contributed by atoms with Gasteiger partial charge in [0.15, 0.2) is 0 Å². The largest absolute Gasteiger partial charge is 0.481 e. The van der Waals surface area contributed by atoms with Crippen LogP contribution in [0.25, 0.3) is 0 Å². The van der Waals surface area contributed by atoms with Crippen LogP contribution < -0.4 is 4.90 Å². The van der Waals surface area contributed by atoms with E-state index in [1.165, 1.54) is 6.07 Å². The molecule has 1 N–H and O–H groups in total. The number of hydrogen-bond acceptors (Lipinski definition) is 3. The van der Waals surface area contributed by atoms with Crippen LogP contribution in [0, 0.1) is 17.2 Å². The predicted molar refractivity (Wildman–Crippen MR) is 64.1 cm³/mol. The van der Waals surface area contributed by atoms with Gasteiger partial charge in [-0.2, -0.15) is 18.4 Å². The van der Waals surface area contributed by atoms with Gasteiger partial charge in [-0.15, -0.1) is 0 Å². The Morgan fingerprint density at radius 3 is 2.60 bits per heavy atom. The van der Waals surface area contributed by atoms with Gasteiger partial charge >= 0.3 is 12.1 Å². The molecule has 7 heteroatoms. The highest BCUT2D eigenvalue weighted by Crippen LogP contribution is 2.35. The molecule has 0 atom stereocenters. The minimum atomic E-state index is -4.48. The molecule has 0 unspecified atom stereocenters. The fourth-order valence-electron chi connectivity index (χ4n) is 2.22. The molecule has 0 radical (unpaired) electrons. The number of carboxylic acids is 1. The van der Waals surface area contributed by atoms with E-state index in [0.29, 0.717) is 18.8 Å². The molecular formula is C13H11F3N2O2. The summed E-state index contributed by atoms with van der Waals surface area (Å²) in [4.78, 5) is 12.2. The molecule has 0 amide bonds. The molecule has 20 heavy (non-hydrogen) atoms. The van der Waals surface area contributed by atoms with E-state index in [1.807, 2.05) is 0 Å². The normalized spacial score (nSPS) is 15.6. The third-order valence-corrected chi connectivity index (χ3v) is 3.21. The first-order valence-corrected chi connectivity index (χ1v) is 5.89. The summed E-state index contributed by atoms with van der Waals surface area (Å²) in [6.45, 7) is 0.874. The van der Waals surface area contributed by atoms with E-state index in [0.717, 1.165) is 12.1 Å². The lowest BCUT2D eigenvalue weighted by molar-refractivity contribution is -0.139. The van der Waals surface area contributed by atoms with Crippen molar-refractivity contribution < 1.29 is 23.1 Å². The number of benzene rings is 1. The van der Waals surface area contributed by atoms with Crippen LogP contribution in [0.3, 0.4) is 0 Å². The van der Waals surface area contributed by atoms with Gasteiger partial charge in [-0.3, -0.25) is 4.79 Å². The first kappa shape index (κ1) is 14.2. The van der Waals surface area contributed by atoms with Crippen LogP contribution in [0.15, 0.2) is 18.2 Å². The second-order valence-corrected chi connectivity index (χ2v) is 4.71. The number of anilines is 1. The van der Waals surface area contributed by atoms with E-state index in [1.54, 1.807) is 11.0 Å². The highest BCUT2D eigenvalue weighted by atomic mass is 19.4. The Labute approximate surface area is 113 Å². The highest BCUT2D eigenvalue weighted by Gasteiger charge is 2.33. The van der Waals surface area contributed by atoms with E-state index >= 15 is 0 Å². The van der Waals surface area contributed by atoms with Crippen molar-refractivity contribution in [2.24, 2.45) is 5.92 Å². The van der Waals surface area contributed by atoms with Crippen molar-refractivity contribution in [1.82, 2.24) is 0 Å². The minimum Gasteiger partial charge on any atom is -0.481 e. The summed E-state index contributed by atoms with van der Waals surface area (Å²) < 4.78 is 37.7. The molecule has 1 aromatic carbocycles. The van der Waals surface area contributed by atoms with E-state index in [4.69, 9.17) is 10.4 Å². The lowest BCUT2D eigenvalue weighted by Gasteiger charge is -2.41. The summed E-state index contributed by atoms with van der Waals surface area (Å²) in [5, 5.41) is 17.6. The molecule has 0 saturated carbocycles. The average molecular weight is 284 g/mol. The fourth-order valence-corrected chi connectivity index (χ4v) is 2.22. The summed E-state index contributed by atoms with van der Waals surface area (Å²) in [6, 6.07) is 4.77. The van der Waals surface area contributed by atoms with Crippen LogP contribution in [0.5, 0.6) is 0 Å². The van der Waals surface area contributed by atoms with Crippen LogP contribution in [0.1, 0.15) is 17.5 Å². The molecule has 106 valence electrons. The molecule has 0 spiro atoms. The second-order valence-electron chi connectivity index (χ2n) is 4.71. The molecule has 0 bridgehead atoms.